The fourth-order valence-electron chi connectivity index (χ4n) is 6.29. The molecule has 1 unspecified atom stereocenters. The summed E-state index contributed by atoms with van der Waals surface area (Å²) >= 11 is 0. The van der Waals surface area contributed by atoms with Crippen LogP contribution in [0.15, 0.2) is 23.0 Å². The molecule has 3 aromatic rings. The number of carbonyl (C=O) groups excluding carboxylic acids is 1. The Balaban J connectivity index is 1.51. The molecule has 0 bridgehead atoms. The standard InChI is InChI=1S/C29H32FN3O5/c1-4-29(37)22-10-25-26-20(13-33(25)27(35)21(22)14-38-28(29)36)19(12-32-7-5-17(6-8-32)16(3)34)18-9-15(2)23(30)11-24(18)31-26/h9-11,16-17,34,37H,4-8,12-14H2,1-3H3/t16?,29-/m0/s1. The second-order valence-corrected chi connectivity index (χ2v) is 11.0. The molecule has 8 nitrogen and oxygen atoms in total. The van der Waals surface area contributed by atoms with Gasteiger partial charge in [-0.2, -0.15) is 0 Å². The number of cyclic esters (lactones) is 1. The van der Waals surface area contributed by atoms with Crippen LogP contribution in [0.2, 0.25) is 0 Å². The summed E-state index contributed by atoms with van der Waals surface area (Å²) in [7, 11) is 0. The molecule has 9 heteroatoms. The van der Waals surface area contributed by atoms with Crippen molar-refractivity contribution in [2.24, 2.45) is 5.92 Å². The van der Waals surface area contributed by atoms with Crippen molar-refractivity contribution in [3.63, 3.8) is 0 Å². The quantitative estimate of drug-likeness (QED) is 0.398. The van der Waals surface area contributed by atoms with Gasteiger partial charge in [0.2, 0.25) is 0 Å². The lowest BCUT2D eigenvalue weighted by atomic mass is 9.86. The van der Waals surface area contributed by atoms with Crippen molar-refractivity contribution in [2.45, 2.75) is 71.4 Å². The Morgan fingerprint density at radius 2 is 1.95 bits per heavy atom. The summed E-state index contributed by atoms with van der Waals surface area (Å²) < 4.78 is 21.5. The maximum Gasteiger partial charge on any atom is 0.343 e. The van der Waals surface area contributed by atoms with Gasteiger partial charge in [0.1, 0.15) is 12.4 Å². The fraction of sp³-hybridized carbons (Fsp3) is 0.483. The van der Waals surface area contributed by atoms with E-state index in [0.29, 0.717) is 35.6 Å². The zero-order chi connectivity index (χ0) is 26.9. The van der Waals surface area contributed by atoms with Crippen LogP contribution < -0.4 is 5.56 Å². The number of halogens is 1. The molecule has 200 valence electrons. The summed E-state index contributed by atoms with van der Waals surface area (Å²) in [6, 6.07) is 4.95. The molecule has 0 aliphatic carbocycles. The number of aromatic nitrogens is 2. The Kier molecular flexibility index (Phi) is 5.93. The molecule has 3 aliphatic rings. The first kappa shape index (κ1) is 25.2. The van der Waals surface area contributed by atoms with Gasteiger partial charge >= 0.3 is 5.97 Å². The third kappa shape index (κ3) is 3.71. The summed E-state index contributed by atoms with van der Waals surface area (Å²) in [5.74, 6) is -0.836. The highest BCUT2D eigenvalue weighted by molar-refractivity contribution is 5.89. The predicted molar refractivity (Wildman–Crippen MR) is 139 cm³/mol. The van der Waals surface area contributed by atoms with Crippen LogP contribution in [0.1, 0.15) is 60.9 Å². The number of rotatable bonds is 4. The van der Waals surface area contributed by atoms with Gasteiger partial charge in [-0.25, -0.2) is 14.2 Å². The Morgan fingerprint density at radius 3 is 2.63 bits per heavy atom. The van der Waals surface area contributed by atoms with Gasteiger partial charge in [-0.3, -0.25) is 9.69 Å². The first-order valence-corrected chi connectivity index (χ1v) is 13.3. The van der Waals surface area contributed by atoms with E-state index >= 15 is 0 Å². The van der Waals surface area contributed by atoms with Crippen molar-refractivity contribution >= 4 is 16.9 Å². The monoisotopic (exact) mass is 521 g/mol. The molecule has 2 atom stereocenters. The van der Waals surface area contributed by atoms with Crippen molar-refractivity contribution in [2.75, 3.05) is 13.1 Å². The highest BCUT2D eigenvalue weighted by Crippen LogP contribution is 2.41. The normalized spacial score (nSPS) is 22.2. The topological polar surface area (TPSA) is 105 Å². The summed E-state index contributed by atoms with van der Waals surface area (Å²) in [5.41, 5.74) is 2.35. The Hall–Kier alpha value is -3.14. The summed E-state index contributed by atoms with van der Waals surface area (Å²) in [6.45, 7) is 7.64. The van der Waals surface area contributed by atoms with Crippen molar-refractivity contribution in [1.82, 2.24) is 14.5 Å². The number of carbonyl (C=O) groups is 1. The van der Waals surface area contributed by atoms with Crippen LogP contribution in [0.5, 0.6) is 0 Å². The average Bonchev–Trinajstić information content (AvgIpc) is 3.26. The summed E-state index contributed by atoms with van der Waals surface area (Å²) in [5, 5.41) is 22.0. The van der Waals surface area contributed by atoms with E-state index in [-0.39, 0.29) is 47.6 Å². The number of pyridine rings is 2. The van der Waals surface area contributed by atoms with Gasteiger partial charge in [0, 0.05) is 29.1 Å². The predicted octanol–water partition coefficient (Wildman–Crippen LogP) is 3.12. The number of piperidine rings is 1. The number of esters is 1. The van der Waals surface area contributed by atoms with E-state index in [2.05, 4.69) is 4.90 Å². The zero-order valence-corrected chi connectivity index (χ0v) is 21.9. The van der Waals surface area contributed by atoms with Crippen LogP contribution in [-0.2, 0) is 34.8 Å². The van der Waals surface area contributed by atoms with Gasteiger partial charge in [-0.15, -0.1) is 0 Å². The van der Waals surface area contributed by atoms with E-state index in [1.165, 1.54) is 6.07 Å². The molecule has 1 aromatic carbocycles. The molecular weight excluding hydrogens is 489 g/mol. The number of hydrogen-bond donors (Lipinski definition) is 2. The van der Waals surface area contributed by atoms with Gasteiger partial charge in [0.05, 0.1) is 35.1 Å². The molecule has 2 aromatic heterocycles. The first-order valence-electron chi connectivity index (χ1n) is 13.3. The Labute approximate surface area is 219 Å². The number of benzene rings is 1. The number of likely N-dealkylation sites (tertiary alicyclic amines) is 1. The molecule has 0 spiro atoms. The lowest BCUT2D eigenvalue weighted by Crippen LogP contribution is -2.44. The molecule has 2 N–H and O–H groups in total. The third-order valence-corrected chi connectivity index (χ3v) is 8.78. The average molecular weight is 522 g/mol. The second-order valence-electron chi connectivity index (χ2n) is 11.0. The number of fused-ring (bicyclic) bond motifs is 5. The van der Waals surface area contributed by atoms with E-state index in [9.17, 15) is 24.2 Å². The van der Waals surface area contributed by atoms with Crippen molar-refractivity contribution < 1.29 is 24.1 Å². The van der Waals surface area contributed by atoms with Crippen LogP contribution in [0, 0.1) is 18.7 Å². The molecule has 3 aliphatic heterocycles. The van der Waals surface area contributed by atoms with Gasteiger partial charge in [-0.05, 0) is 75.4 Å². The zero-order valence-electron chi connectivity index (χ0n) is 21.9. The van der Waals surface area contributed by atoms with Gasteiger partial charge in [0.25, 0.3) is 5.56 Å². The molecular formula is C29H32FN3O5. The minimum atomic E-state index is -1.90. The maximum absolute atomic E-state index is 14.7. The van der Waals surface area contributed by atoms with E-state index in [4.69, 9.17) is 9.72 Å². The van der Waals surface area contributed by atoms with Crippen molar-refractivity contribution in [3.05, 3.63) is 62.2 Å². The van der Waals surface area contributed by atoms with E-state index in [1.54, 1.807) is 24.5 Å². The molecule has 0 radical (unpaired) electrons. The van der Waals surface area contributed by atoms with Gasteiger partial charge in [0.15, 0.2) is 5.60 Å². The lowest BCUT2D eigenvalue weighted by Gasteiger charge is -2.33. The molecule has 0 amide bonds. The molecule has 6 rings (SSSR count). The number of nitrogens with zero attached hydrogens (tertiary/aromatic N) is 3. The Bertz CT molecular complexity index is 1540. The molecule has 1 saturated heterocycles. The maximum atomic E-state index is 14.7. The van der Waals surface area contributed by atoms with Crippen LogP contribution in [0.25, 0.3) is 22.3 Å². The number of aliphatic hydroxyl groups is 2. The van der Waals surface area contributed by atoms with Crippen molar-refractivity contribution in [1.29, 1.82) is 0 Å². The van der Waals surface area contributed by atoms with Gasteiger partial charge < -0.3 is 19.5 Å². The SMILES string of the molecule is CC[C@@]1(O)C(=O)OCc2c1cc1n(c2=O)Cc2c-1nc1cc(F)c(C)cc1c2CN1CCC(C(C)O)CC1. The second kappa shape index (κ2) is 8.97. The molecule has 0 saturated carbocycles. The van der Waals surface area contributed by atoms with Crippen LogP contribution in [-0.4, -0.2) is 49.8 Å². The van der Waals surface area contributed by atoms with Crippen LogP contribution in [0.3, 0.4) is 0 Å². The number of ether oxygens (including phenoxy) is 1. The van der Waals surface area contributed by atoms with E-state index < -0.39 is 11.6 Å². The van der Waals surface area contributed by atoms with Crippen molar-refractivity contribution in [3.8, 4) is 11.4 Å². The van der Waals surface area contributed by atoms with Crippen LogP contribution in [0.4, 0.5) is 4.39 Å². The highest BCUT2D eigenvalue weighted by atomic mass is 19.1. The highest BCUT2D eigenvalue weighted by Gasteiger charge is 2.45. The molecule has 1 fully saturated rings. The number of hydrogen-bond acceptors (Lipinski definition) is 7. The fourth-order valence-corrected chi connectivity index (χ4v) is 6.29. The number of aliphatic hydroxyl groups excluding tert-OH is 1. The van der Waals surface area contributed by atoms with Crippen LogP contribution >= 0.6 is 0 Å². The Morgan fingerprint density at radius 1 is 1.21 bits per heavy atom. The molecule has 5 heterocycles. The first-order chi connectivity index (χ1) is 18.1. The smallest absolute Gasteiger partial charge is 0.343 e. The van der Waals surface area contributed by atoms with Gasteiger partial charge in [-0.1, -0.05) is 6.92 Å². The minimum Gasteiger partial charge on any atom is -0.458 e. The van der Waals surface area contributed by atoms with E-state index in [0.717, 1.165) is 42.4 Å². The summed E-state index contributed by atoms with van der Waals surface area (Å²) in [4.78, 5) is 33.3. The summed E-state index contributed by atoms with van der Waals surface area (Å²) in [6.07, 6.45) is 1.52. The number of aryl methyl sites for hydroxylation is 1. The largest absolute Gasteiger partial charge is 0.458 e. The minimum absolute atomic E-state index is 0.0673. The lowest BCUT2D eigenvalue weighted by molar-refractivity contribution is -0.172. The molecule has 38 heavy (non-hydrogen) atoms. The third-order valence-electron chi connectivity index (χ3n) is 8.78. The van der Waals surface area contributed by atoms with E-state index in [1.807, 2.05) is 13.0 Å².